The second-order valence-electron chi connectivity index (χ2n) is 6.93. The lowest BCUT2D eigenvalue weighted by Crippen LogP contribution is -2.38. The van der Waals surface area contributed by atoms with Gasteiger partial charge >= 0.3 is 11.8 Å². The molecule has 6 nitrogen and oxygen atoms in total. The molecule has 0 aliphatic carbocycles. The van der Waals surface area contributed by atoms with Gasteiger partial charge in [-0.3, -0.25) is 9.59 Å². The van der Waals surface area contributed by atoms with Gasteiger partial charge < -0.3 is 10.6 Å². The number of anilines is 1. The molecule has 0 aromatic heterocycles. The first-order valence-corrected chi connectivity index (χ1v) is 11.0. The van der Waals surface area contributed by atoms with E-state index in [1.54, 1.807) is 0 Å². The van der Waals surface area contributed by atoms with Gasteiger partial charge in [-0.1, -0.05) is 55.8 Å². The van der Waals surface area contributed by atoms with Gasteiger partial charge in [0.05, 0.1) is 21.6 Å². The minimum Gasteiger partial charge on any atom is -0.341 e. The largest absolute Gasteiger partial charge is 0.341 e. The van der Waals surface area contributed by atoms with E-state index in [1.165, 1.54) is 18.2 Å². The van der Waals surface area contributed by atoms with Crippen LogP contribution >= 0.6 is 11.6 Å². The Hall–Kier alpha value is -2.38. The highest BCUT2D eigenvalue weighted by Gasteiger charge is 2.22. The number of carbonyl (C=O) groups excluding carboxylic acids is 2. The third-order valence-corrected chi connectivity index (χ3v) is 5.47. The molecule has 0 saturated carbocycles. The van der Waals surface area contributed by atoms with Gasteiger partial charge in [0.2, 0.25) is 0 Å². The van der Waals surface area contributed by atoms with Crippen molar-refractivity contribution in [3.63, 3.8) is 0 Å². The number of rotatable bonds is 6. The Labute approximate surface area is 170 Å². The van der Waals surface area contributed by atoms with Crippen molar-refractivity contribution in [3.05, 3.63) is 59.1 Å². The van der Waals surface area contributed by atoms with Crippen LogP contribution in [0.15, 0.2) is 53.4 Å². The van der Waals surface area contributed by atoms with Crippen LogP contribution in [0, 0.1) is 5.92 Å². The summed E-state index contributed by atoms with van der Waals surface area (Å²) in [5.74, 6) is -1.44. The topological polar surface area (TPSA) is 92.3 Å². The summed E-state index contributed by atoms with van der Waals surface area (Å²) in [6.45, 7) is 4.05. The number of halogens is 1. The molecule has 0 aliphatic rings. The first-order chi connectivity index (χ1) is 13.1. The van der Waals surface area contributed by atoms with Crippen LogP contribution < -0.4 is 10.6 Å². The molecule has 150 valence electrons. The summed E-state index contributed by atoms with van der Waals surface area (Å²) in [5.41, 5.74) is 0.958. The van der Waals surface area contributed by atoms with Gasteiger partial charge in [0.1, 0.15) is 0 Å². The van der Waals surface area contributed by atoms with Crippen molar-refractivity contribution in [2.75, 3.05) is 11.6 Å². The molecule has 2 rings (SSSR count). The Morgan fingerprint density at radius 1 is 1.04 bits per heavy atom. The SMILES string of the molecule is CC(C)CC(NC(=O)C(=O)Nc1cc(S(C)(=O)=O)ccc1Cl)c1ccccc1. The zero-order valence-corrected chi connectivity index (χ0v) is 17.5. The Morgan fingerprint density at radius 2 is 1.68 bits per heavy atom. The molecule has 0 fully saturated rings. The van der Waals surface area contributed by atoms with Gasteiger partial charge in [-0.2, -0.15) is 0 Å². The molecule has 0 spiro atoms. The molecule has 0 radical (unpaired) electrons. The number of hydrogen-bond donors (Lipinski definition) is 2. The maximum atomic E-state index is 12.4. The molecular formula is C20H23ClN2O4S. The predicted molar refractivity (Wildman–Crippen MR) is 110 cm³/mol. The molecule has 0 aliphatic heterocycles. The van der Waals surface area contributed by atoms with Crippen molar-refractivity contribution in [3.8, 4) is 0 Å². The first-order valence-electron chi connectivity index (χ1n) is 8.74. The zero-order valence-electron chi connectivity index (χ0n) is 15.9. The van der Waals surface area contributed by atoms with E-state index >= 15 is 0 Å². The summed E-state index contributed by atoms with van der Waals surface area (Å²) in [7, 11) is -3.48. The van der Waals surface area contributed by atoms with Crippen molar-refractivity contribution in [1.82, 2.24) is 5.32 Å². The predicted octanol–water partition coefficient (Wildman–Crippen LogP) is 3.59. The van der Waals surface area contributed by atoms with E-state index in [-0.39, 0.29) is 21.6 Å². The van der Waals surface area contributed by atoms with Crippen LogP contribution in [0.5, 0.6) is 0 Å². The third kappa shape index (κ3) is 6.07. The minimum absolute atomic E-state index is 0.00502. The molecule has 28 heavy (non-hydrogen) atoms. The number of hydrogen-bond acceptors (Lipinski definition) is 4. The Bertz CT molecular complexity index is 959. The fraction of sp³-hybridized carbons (Fsp3) is 0.300. The first kappa shape index (κ1) is 21.9. The number of carbonyl (C=O) groups is 2. The molecule has 1 atom stereocenters. The minimum atomic E-state index is -3.48. The zero-order chi connectivity index (χ0) is 20.9. The van der Waals surface area contributed by atoms with Crippen molar-refractivity contribution in [1.29, 1.82) is 0 Å². The van der Waals surface area contributed by atoms with Crippen LogP contribution in [-0.2, 0) is 19.4 Å². The number of nitrogens with one attached hydrogen (secondary N) is 2. The molecule has 2 N–H and O–H groups in total. The summed E-state index contributed by atoms with van der Waals surface area (Å²) < 4.78 is 23.4. The van der Waals surface area contributed by atoms with Gasteiger partial charge in [0.25, 0.3) is 0 Å². The van der Waals surface area contributed by atoms with Crippen LogP contribution in [0.3, 0.4) is 0 Å². The summed E-state index contributed by atoms with van der Waals surface area (Å²) in [4.78, 5) is 24.8. The fourth-order valence-corrected chi connectivity index (χ4v) is 3.48. The molecule has 0 saturated heterocycles. The van der Waals surface area contributed by atoms with E-state index in [9.17, 15) is 18.0 Å². The normalized spacial score (nSPS) is 12.5. The average molecular weight is 423 g/mol. The van der Waals surface area contributed by atoms with E-state index in [1.807, 2.05) is 44.2 Å². The molecule has 0 bridgehead atoms. The van der Waals surface area contributed by atoms with E-state index < -0.39 is 21.7 Å². The molecule has 2 aromatic carbocycles. The average Bonchev–Trinajstić information content (AvgIpc) is 2.62. The Morgan fingerprint density at radius 3 is 2.25 bits per heavy atom. The number of benzene rings is 2. The quantitative estimate of drug-likeness (QED) is 0.696. The summed E-state index contributed by atoms with van der Waals surface area (Å²) in [6.07, 6.45) is 1.71. The number of sulfone groups is 1. The maximum absolute atomic E-state index is 12.4. The van der Waals surface area contributed by atoms with Crippen molar-refractivity contribution in [2.45, 2.75) is 31.2 Å². The summed E-state index contributed by atoms with van der Waals surface area (Å²) in [5, 5.41) is 5.26. The van der Waals surface area contributed by atoms with Crippen LogP contribution in [-0.4, -0.2) is 26.5 Å². The third-order valence-electron chi connectivity index (χ3n) is 4.03. The van der Waals surface area contributed by atoms with Gasteiger partial charge in [-0.25, -0.2) is 8.42 Å². The lowest BCUT2D eigenvalue weighted by molar-refractivity contribution is -0.136. The van der Waals surface area contributed by atoms with Crippen molar-refractivity contribution >= 4 is 38.9 Å². The highest BCUT2D eigenvalue weighted by atomic mass is 35.5. The van der Waals surface area contributed by atoms with Crippen molar-refractivity contribution < 1.29 is 18.0 Å². The van der Waals surface area contributed by atoms with E-state index in [2.05, 4.69) is 10.6 Å². The monoisotopic (exact) mass is 422 g/mol. The van der Waals surface area contributed by atoms with Crippen molar-refractivity contribution in [2.24, 2.45) is 5.92 Å². The second kappa shape index (κ2) is 9.21. The molecular weight excluding hydrogens is 400 g/mol. The second-order valence-corrected chi connectivity index (χ2v) is 9.36. The van der Waals surface area contributed by atoms with E-state index in [4.69, 9.17) is 11.6 Å². The molecule has 1 unspecified atom stereocenters. The van der Waals surface area contributed by atoms with Crippen LogP contribution in [0.1, 0.15) is 31.9 Å². The van der Waals surface area contributed by atoms with Gasteiger partial charge in [0, 0.05) is 6.26 Å². The molecule has 2 amide bonds. The Balaban J connectivity index is 2.16. The van der Waals surface area contributed by atoms with Gasteiger partial charge in [-0.05, 0) is 36.1 Å². The maximum Gasteiger partial charge on any atom is 0.313 e. The highest BCUT2D eigenvalue weighted by molar-refractivity contribution is 7.90. The summed E-state index contributed by atoms with van der Waals surface area (Å²) in [6, 6.07) is 13.0. The lowest BCUT2D eigenvalue weighted by atomic mass is 9.97. The van der Waals surface area contributed by atoms with Crippen LogP contribution in [0.25, 0.3) is 0 Å². The van der Waals surface area contributed by atoms with Gasteiger partial charge in [-0.15, -0.1) is 0 Å². The molecule has 0 heterocycles. The smallest absolute Gasteiger partial charge is 0.313 e. The van der Waals surface area contributed by atoms with Crippen LogP contribution in [0.4, 0.5) is 5.69 Å². The fourth-order valence-electron chi connectivity index (χ4n) is 2.67. The van der Waals surface area contributed by atoms with E-state index in [0.717, 1.165) is 11.8 Å². The number of amides is 2. The molecule has 2 aromatic rings. The highest BCUT2D eigenvalue weighted by Crippen LogP contribution is 2.25. The van der Waals surface area contributed by atoms with Crippen LogP contribution in [0.2, 0.25) is 5.02 Å². The lowest BCUT2D eigenvalue weighted by Gasteiger charge is -2.21. The summed E-state index contributed by atoms with van der Waals surface area (Å²) >= 11 is 6.02. The Kier molecular flexibility index (Phi) is 7.21. The standard InChI is InChI=1S/C20H23ClN2O4S/c1-13(2)11-17(14-7-5-4-6-8-14)22-19(24)20(25)23-18-12-15(28(3,26)27)9-10-16(18)21/h4-10,12-13,17H,11H2,1-3H3,(H,22,24)(H,23,25). The van der Waals surface area contributed by atoms with E-state index in [0.29, 0.717) is 12.3 Å². The molecule has 8 heteroatoms. The van der Waals surface area contributed by atoms with Gasteiger partial charge in [0.15, 0.2) is 9.84 Å².